The average molecular weight is 352 g/mol. The number of carbonyl (C=O) groups excluding carboxylic acids is 1. The maximum Gasteiger partial charge on any atom is 0.251 e. The van der Waals surface area contributed by atoms with Crippen LogP contribution in [0.4, 0.5) is 0 Å². The zero-order valence-corrected chi connectivity index (χ0v) is 15.0. The third-order valence-electron chi connectivity index (χ3n) is 5.21. The molecular weight excluding hydrogens is 328 g/mol. The van der Waals surface area contributed by atoms with Gasteiger partial charge < -0.3 is 14.8 Å². The molecule has 1 unspecified atom stereocenters. The number of nitrogens with one attached hydrogen (secondary N) is 1. The van der Waals surface area contributed by atoms with E-state index in [1.807, 2.05) is 43.3 Å². The Kier molecular flexibility index (Phi) is 4.80. The molecule has 0 aliphatic carbocycles. The molecule has 1 atom stereocenters. The van der Waals surface area contributed by atoms with E-state index >= 15 is 0 Å². The molecule has 0 radical (unpaired) electrons. The van der Waals surface area contributed by atoms with Crippen LogP contribution in [0.2, 0.25) is 0 Å². The van der Waals surface area contributed by atoms with Crippen LogP contribution in [0.1, 0.15) is 40.4 Å². The van der Waals surface area contributed by atoms with Gasteiger partial charge in [-0.25, -0.2) is 0 Å². The normalized spacial score (nSPS) is 17.3. The molecule has 136 valence electrons. The van der Waals surface area contributed by atoms with Gasteiger partial charge in [-0.05, 0) is 62.2 Å². The molecule has 0 saturated carbocycles. The molecule has 1 saturated heterocycles. The van der Waals surface area contributed by atoms with Gasteiger partial charge in [0.05, 0.1) is 6.04 Å². The van der Waals surface area contributed by atoms with Gasteiger partial charge >= 0.3 is 0 Å². The molecule has 1 amide bonds. The molecule has 5 heteroatoms. The molecule has 2 aliphatic heterocycles. The van der Waals surface area contributed by atoms with Crippen molar-refractivity contribution in [1.82, 2.24) is 10.2 Å². The largest absolute Gasteiger partial charge is 0.454 e. The van der Waals surface area contributed by atoms with E-state index in [1.54, 1.807) is 0 Å². The predicted molar refractivity (Wildman–Crippen MR) is 99.6 cm³/mol. The Morgan fingerprint density at radius 1 is 1.12 bits per heavy atom. The number of benzene rings is 2. The van der Waals surface area contributed by atoms with Gasteiger partial charge in [0.25, 0.3) is 5.91 Å². The third-order valence-corrected chi connectivity index (χ3v) is 5.21. The average Bonchev–Trinajstić information content (AvgIpc) is 3.33. The van der Waals surface area contributed by atoms with E-state index in [4.69, 9.17) is 9.47 Å². The summed E-state index contributed by atoms with van der Waals surface area (Å²) in [5.41, 5.74) is 2.88. The Morgan fingerprint density at radius 3 is 2.69 bits per heavy atom. The van der Waals surface area contributed by atoms with E-state index in [-0.39, 0.29) is 18.7 Å². The Morgan fingerprint density at radius 2 is 1.88 bits per heavy atom. The summed E-state index contributed by atoms with van der Waals surface area (Å²) in [4.78, 5) is 15.1. The zero-order valence-electron chi connectivity index (χ0n) is 15.0. The predicted octanol–water partition coefficient (Wildman–Crippen LogP) is 3.29. The minimum atomic E-state index is -0.0203. The van der Waals surface area contributed by atoms with Gasteiger partial charge in [-0.15, -0.1) is 0 Å². The lowest BCUT2D eigenvalue weighted by Gasteiger charge is -2.28. The number of rotatable bonds is 5. The number of carbonyl (C=O) groups is 1. The maximum absolute atomic E-state index is 12.6. The minimum Gasteiger partial charge on any atom is -0.454 e. The molecular formula is C21H24N2O3. The van der Waals surface area contributed by atoms with Gasteiger partial charge in [-0.1, -0.05) is 24.3 Å². The molecule has 1 N–H and O–H groups in total. The second-order valence-corrected chi connectivity index (χ2v) is 6.90. The molecule has 2 aromatic carbocycles. The summed E-state index contributed by atoms with van der Waals surface area (Å²) in [5, 5.41) is 3.13. The van der Waals surface area contributed by atoms with Crippen molar-refractivity contribution in [3.63, 3.8) is 0 Å². The molecule has 1 fully saturated rings. The summed E-state index contributed by atoms with van der Waals surface area (Å²) in [5.74, 6) is 1.56. The molecule has 0 aromatic heterocycles. The molecule has 2 aromatic rings. The summed E-state index contributed by atoms with van der Waals surface area (Å²) in [6.45, 7) is 4.92. The van der Waals surface area contributed by atoms with E-state index < -0.39 is 0 Å². The summed E-state index contributed by atoms with van der Waals surface area (Å²) in [6.07, 6.45) is 2.40. The lowest BCUT2D eigenvalue weighted by molar-refractivity contribution is 0.0937. The van der Waals surface area contributed by atoms with E-state index in [0.717, 1.165) is 41.3 Å². The van der Waals surface area contributed by atoms with Crippen molar-refractivity contribution in [1.29, 1.82) is 0 Å². The summed E-state index contributed by atoms with van der Waals surface area (Å²) >= 11 is 0. The van der Waals surface area contributed by atoms with E-state index in [9.17, 15) is 4.79 Å². The van der Waals surface area contributed by atoms with Crippen LogP contribution in [-0.2, 0) is 0 Å². The van der Waals surface area contributed by atoms with Crippen molar-refractivity contribution < 1.29 is 14.3 Å². The maximum atomic E-state index is 12.6. The first-order valence-corrected chi connectivity index (χ1v) is 9.20. The van der Waals surface area contributed by atoms with E-state index in [0.29, 0.717) is 6.54 Å². The summed E-state index contributed by atoms with van der Waals surface area (Å²) < 4.78 is 11.0. The molecule has 4 rings (SSSR count). The number of amides is 1. The van der Waals surface area contributed by atoms with Crippen LogP contribution in [0.25, 0.3) is 0 Å². The topological polar surface area (TPSA) is 50.8 Å². The molecule has 0 bridgehead atoms. The number of hydrogen-bond acceptors (Lipinski definition) is 4. The van der Waals surface area contributed by atoms with Gasteiger partial charge in [0.15, 0.2) is 11.5 Å². The number of ether oxygens (including phenoxy) is 2. The second kappa shape index (κ2) is 7.38. The lowest BCUT2D eigenvalue weighted by atomic mass is 10.0. The highest BCUT2D eigenvalue weighted by molar-refractivity contribution is 5.95. The standard InChI is InChI=1S/C21H24N2O3/c1-15-6-2-3-7-17(15)21(24)22-13-18(23-10-4-5-11-23)16-8-9-19-20(12-16)26-14-25-19/h2-3,6-9,12,18H,4-5,10-11,13-14H2,1H3,(H,22,24). The number of fused-ring (bicyclic) bond motifs is 1. The van der Waals surface area contributed by atoms with Crippen LogP contribution in [0, 0.1) is 6.92 Å². The highest BCUT2D eigenvalue weighted by Gasteiger charge is 2.26. The van der Waals surface area contributed by atoms with Gasteiger partial charge in [0, 0.05) is 12.1 Å². The van der Waals surface area contributed by atoms with Crippen molar-refractivity contribution in [2.45, 2.75) is 25.8 Å². The number of likely N-dealkylation sites (tertiary alicyclic amines) is 1. The fraction of sp³-hybridized carbons (Fsp3) is 0.381. The van der Waals surface area contributed by atoms with Gasteiger partial charge in [0.2, 0.25) is 6.79 Å². The van der Waals surface area contributed by atoms with Crippen molar-refractivity contribution in [3.8, 4) is 11.5 Å². The van der Waals surface area contributed by atoms with Crippen LogP contribution in [-0.4, -0.2) is 37.2 Å². The first kappa shape index (κ1) is 16.9. The monoisotopic (exact) mass is 352 g/mol. The summed E-state index contributed by atoms with van der Waals surface area (Å²) in [6, 6.07) is 13.9. The summed E-state index contributed by atoms with van der Waals surface area (Å²) in [7, 11) is 0. The van der Waals surface area contributed by atoms with Crippen LogP contribution in [0.5, 0.6) is 11.5 Å². The van der Waals surface area contributed by atoms with Crippen LogP contribution >= 0.6 is 0 Å². The molecule has 2 aliphatic rings. The molecule has 0 spiro atoms. The molecule has 5 nitrogen and oxygen atoms in total. The van der Waals surface area contributed by atoms with E-state index in [2.05, 4.69) is 16.3 Å². The highest BCUT2D eigenvalue weighted by Crippen LogP contribution is 2.36. The molecule has 2 heterocycles. The van der Waals surface area contributed by atoms with Gasteiger partial charge in [-0.2, -0.15) is 0 Å². The van der Waals surface area contributed by atoms with Crippen LogP contribution < -0.4 is 14.8 Å². The number of aryl methyl sites for hydroxylation is 1. The fourth-order valence-electron chi connectivity index (χ4n) is 3.74. The van der Waals surface area contributed by atoms with Gasteiger partial charge in [0.1, 0.15) is 0 Å². The quantitative estimate of drug-likeness (QED) is 0.897. The highest BCUT2D eigenvalue weighted by atomic mass is 16.7. The van der Waals surface area contributed by atoms with Crippen molar-refractivity contribution >= 4 is 5.91 Å². The SMILES string of the molecule is Cc1ccccc1C(=O)NCC(c1ccc2c(c1)OCO2)N1CCCC1. The third kappa shape index (κ3) is 3.40. The molecule has 26 heavy (non-hydrogen) atoms. The Balaban J connectivity index is 1.52. The Hall–Kier alpha value is -2.53. The Bertz CT molecular complexity index is 800. The first-order valence-electron chi connectivity index (χ1n) is 9.20. The van der Waals surface area contributed by atoms with Crippen LogP contribution in [0.3, 0.4) is 0 Å². The first-order chi connectivity index (χ1) is 12.7. The smallest absolute Gasteiger partial charge is 0.251 e. The lowest BCUT2D eigenvalue weighted by Crippen LogP contribution is -2.37. The fourth-order valence-corrected chi connectivity index (χ4v) is 3.74. The zero-order chi connectivity index (χ0) is 17.9. The van der Waals surface area contributed by atoms with Crippen LogP contribution in [0.15, 0.2) is 42.5 Å². The Labute approximate surface area is 153 Å². The van der Waals surface area contributed by atoms with Gasteiger partial charge in [-0.3, -0.25) is 9.69 Å². The number of hydrogen-bond donors (Lipinski definition) is 1. The minimum absolute atomic E-state index is 0.0203. The van der Waals surface area contributed by atoms with E-state index in [1.165, 1.54) is 12.8 Å². The van der Waals surface area contributed by atoms with Crippen molar-refractivity contribution in [3.05, 3.63) is 59.2 Å². The number of nitrogens with zero attached hydrogens (tertiary/aromatic N) is 1. The van der Waals surface area contributed by atoms with Crippen molar-refractivity contribution in [2.75, 3.05) is 26.4 Å². The second-order valence-electron chi connectivity index (χ2n) is 6.90. The van der Waals surface area contributed by atoms with Crippen molar-refractivity contribution in [2.24, 2.45) is 0 Å².